The molecular weight excluding hydrogens is 385 g/mol. The summed E-state index contributed by atoms with van der Waals surface area (Å²) in [6.45, 7) is 2.00. The predicted octanol–water partition coefficient (Wildman–Crippen LogP) is 5.15. The fourth-order valence-electron chi connectivity index (χ4n) is 3.61. The number of carbonyl (C=O) groups is 1. The molecule has 0 radical (unpaired) electrons. The minimum absolute atomic E-state index is 0.0371. The zero-order valence-corrected chi connectivity index (χ0v) is 17.3. The van der Waals surface area contributed by atoms with Gasteiger partial charge in [0.2, 0.25) is 0 Å². The van der Waals surface area contributed by atoms with Gasteiger partial charge in [-0.1, -0.05) is 79.7 Å². The highest BCUT2D eigenvalue weighted by atomic mass is 31.2. The molecular formula is C23H26NO4P. The molecule has 3 atom stereocenters. The second-order valence-corrected chi connectivity index (χ2v) is 9.29. The van der Waals surface area contributed by atoms with Gasteiger partial charge in [-0.3, -0.25) is 9.36 Å². The summed E-state index contributed by atoms with van der Waals surface area (Å²) in [5.74, 6) is -1.16. The third-order valence-corrected chi connectivity index (χ3v) is 6.66. The van der Waals surface area contributed by atoms with E-state index < -0.39 is 19.5 Å². The van der Waals surface area contributed by atoms with Gasteiger partial charge in [-0.15, -0.1) is 0 Å². The molecule has 0 aliphatic carbocycles. The summed E-state index contributed by atoms with van der Waals surface area (Å²) in [6.07, 6.45) is 0.867. The number of aliphatic carboxylic acids is 1. The maximum Gasteiger partial charge on any atom is 0.321 e. The summed E-state index contributed by atoms with van der Waals surface area (Å²) in [5.41, 5.74) is 1.73. The quantitative estimate of drug-likeness (QED) is 0.424. The van der Waals surface area contributed by atoms with Crippen LogP contribution in [0.1, 0.15) is 36.8 Å². The van der Waals surface area contributed by atoms with E-state index in [-0.39, 0.29) is 18.5 Å². The molecule has 3 rings (SSSR count). The molecule has 3 aromatic carbocycles. The fraction of sp³-hybridized carbons (Fsp3) is 0.261. The number of fused-ring (bicyclic) bond motifs is 1. The van der Waals surface area contributed by atoms with E-state index in [1.807, 2.05) is 49.4 Å². The van der Waals surface area contributed by atoms with E-state index in [0.717, 1.165) is 22.8 Å². The van der Waals surface area contributed by atoms with Crippen LogP contribution in [-0.2, 0) is 15.5 Å². The molecule has 3 aromatic rings. The number of carboxylic acids is 1. The molecule has 0 heterocycles. The van der Waals surface area contributed by atoms with Crippen LogP contribution in [0.15, 0.2) is 72.8 Å². The minimum atomic E-state index is -3.85. The highest BCUT2D eigenvalue weighted by Gasteiger charge is 2.30. The van der Waals surface area contributed by atoms with Crippen molar-refractivity contribution in [2.24, 2.45) is 0 Å². The van der Waals surface area contributed by atoms with Gasteiger partial charge >= 0.3 is 5.97 Å². The number of hydrogen-bond donors (Lipinski definition) is 3. The van der Waals surface area contributed by atoms with Gasteiger partial charge in [0.05, 0.1) is 6.16 Å². The molecule has 29 heavy (non-hydrogen) atoms. The Kier molecular flexibility index (Phi) is 6.86. The molecule has 0 aliphatic heterocycles. The number of nitrogens with one attached hydrogen (secondary N) is 1. The number of hydrogen-bond acceptors (Lipinski definition) is 2. The second-order valence-electron chi connectivity index (χ2n) is 7.31. The van der Waals surface area contributed by atoms with Crippen LogP contribution >= 0.6 is 7.52 Å². The first-order valence-corrected chi connectivity index (χ1v) is 11.6. The van der Waals surface area contributed by atoms with Gasteiger partial charge in [0.25, 0.3) is 7.52 Å². The maximum absolute atomic E-state index is 12.7. The highest BCUT2D eigenvalue weighted by Crippen LogP contribution is 2.41. The summed E-state index contributed by atoms with van der Waals surface area (Å²) in [7, 11) is -3.85. The van der Waals surface area contributed by atoms with Crippen LogP contribution in [0.2, 0.25) is 0 Å². The largest absolute Gasteiger partial charge is 0.480 e. The Bertz CT molecular complexity index is 1020. The molecule has 0 bridgehead atoms. The second kappa shape index (κ2) is 9.36. The van der Waals surface area contributed by atoms with Crippen LogP contribution in [0.25, 0.3) is 10.8 Å². The summed E-state index contributed by atoms with van der Waals surface area (Å²) in [6, 6.07) is 21.9. The lowest BCUT2D eigenvalue weighted by atomic mass is 9.89. The van der Waals surface area contributed by atoms with Crippen molar-refractivity contribution < 1.29 is 19.4 Å². The molecule has 3 unspecified atom stereocenters. The molecule has 0 saturated heterocycles. The normalized spacial score (nSPS) is 15.5. The lowest BCUT2D eigenvalue weighted by molar-refractivity contribution is -0.139. The van der Waals surface area contributed by atoms with Gasteiger partial charge in [0, 0.05) is 0 Å². The first kappa shape index (κ1) is 21.3. The van der Waals surface area contributed by atoms with Crippen molar-refractivity contribution in [3.63, 3.8) is 0 Å². The Hall–Kier alpha value is -2.46. The average Bonchev–Trinajstić information content (AvgIpc) is 2.71. The first-order chi connectivity index (χ1) is 13.9. The molecule has 152 valence electrons. The van der Waals surface area contributed by atoms with Crippen molar-refractivity contribution in [3.8, 4) is 0 Å². The molecule has 5 nitrogen and oxygen atoms in total. The Morgan fingerprint density at radius 2 is 1.66 bits per heavy atom. The van der Waals surface area contributed by atoms with Gasteiger partial charge < -0.3 is 10.00 Å². The third kappa shape index (κ3) is 5.77. The molecule has 3 N–H and O–H groups in total. The third-order valence-electron chi connectivity index (χ3n) is 5.15. The lowest BCUT2D eigenvalue weighted by Gasteiger charge is -2.24. The van der Waals surface area contributed by atoms with Crippen LogP contribution in [0.3, 0.4) is 0 Å². The maximum atomic E-state index is 12.7. The molecule has 0 spiro atoms. The van der Waals surface area contributed by atoms with Crippen LogP contribution < -0.4 is 5.09 Å². The van der Waals surface area contributed by atoms with Crippen molar-refractivity contribution >= 4 is 24.3 Å². The molecule has 0 aliphatic rings. The predicted molar refractivity (Wildman–Crippen MR) is 116 cm³/mol. The Morgan fingerprint density at radius 1 is 1.00 bits per heavy atom. The van der Waals surface area contributed by atoms with Crippen LogP contribution in [-0.4, -0.2) is 22.0 Å². The van der Waals surface area contributed by atoms with Gasteiger partial charge in [0.15, 0.2) is 0 Å². The van der Waals surface area contributed by atoms with E-state index >= 15 is 0 Å². The number of carboxylic acid groups (broad SMARTS) is 1. The van der Waals surface area contributed by atoms with E-state index in [4.69, 9.17) is 0 Å². The van der Waals surface area contributed by atoms with Crippen molar-refractivity contribution in [2.75, 3.05) is 0 Å². The Morgan fingerprint density at radius 3 is 2.31 bits per heavy atom. The van der Waals surface area contributed by atoms with E-state index in [9.17, 15) is 19.4 Å². The Balaban J connectivity index is 1.76. The summed E-state index contributed by atoms with van der Waals surface area (Å²) in [4.78, 5) is 22.2. The monoisotopic (exact) mass is 411 g/mol. The minimum Gasteiger partial charge on any atom is -0.480 e. The molecule has 0 fully saturated rings. The summed E-state index contributed by atoms with van der Waals surface area (Å²) < 4.78 is 12.7. The van der Waals surface area contributed by atoms with Crippen LogP contribution in [0.4, 0.5) is 0 Å². The van der Waals surface area contributed by atoms with Gasteiger partial charge in [0.1, 0.15) is 6.04 Å². The van der Waals surface area contributed by atoms with Crippen LogP contribution in [0.5, 0.6) is 0 Å². The molecule has 0 amide bonds. The lowest BCUT2D eigenvalue weighted by Crippen LogP contribution is -2.36. The SMILES string of the molecule is CCC(CC(NP(=O)(O)Cc1ccccc1)C(=O)O)c1ccc2ccccc2c1. The average molecular weight is 411 g/mol. The number of rotatable bonds is 9. The van der Waals surface area contributed by atoms with Gasteiger partial charge in [-0.25, -0.2) is 5.09 Å². The fourth-order valence-corrected chi connectivity index (χ4v) is 5.11. The summed E-state index contributed by atoms with van der Waals surface area (Å²) >= 11 is 0. The van der Waals surface area contributed by atoms with Crippen LogP contribution in [0, 0.1) is 0 Å². The number of benzene rings is 3. The van der Waals surface area contributed by atoms with Gasteiger partial charge in [-0.2, -0.15) is 0 Å². The first-order valence-electron chi connectivity index (χ1n) is 9.73. The topological polar surface area (TPSA) is 86.6 Å². The van der Waals surface area contributed by atoms with Crippen molar-refractivity contribution in [1.82, 2.24) is 5.09 Å². The molecule has 6 heteroatoms. The molecule has 0 aromatic heterocycles. The van der Waals surface area contributed by atoms with E-state index in [1.165, 1.54) is 0 Å². The van der Waals surface area contributed by atoms with Gasteiger partial charge in [-0.05, 0) is 40.7 Å². The van der Waals surface area contributed by atoms with E-state index in [2.05, 4.69) is 11.2 Å². The van der Waals surface area contributed by atoms with E-state index in [1.54, 1.807) is 24.3 Å². The van der Waals surface area contributed by atoms with Crippen molar-refractivity contribution in [1.29, 1.82) is 0 Å². The molecule has 0 saturated carbocycles. The smallest absolute Gasteiger partial charge is 0.321 e. The van der Waals surface area contributed by atoms with E-state index in [0.29, 0.717) is 5.56 Å². The van der Waals surface area contributed by atoms with Crippen molar-refractivity contribution in [2.45, 2.75) is 37.9 Å². The zero-order valence-electron chi connectivity index (χ0n) is 16.4. The standard InChI is InChI=1S/C23H26NO4P/c1-2-18(21-13-12-19-10-6-7-11-20(19)14-21)15-22(23(25)26)24-29(27,28)16-17-8-4-3-5-9-17/h3-14,18,22H,2,15-16H2,1H3,(H,25,26)(H2,24,27,28). The highest BCUT2D eigenvalue weighted by molar-refractivity contribution is 7.55. The Labute approximate surface area is 170 Å². The van der Waals surface area contributed by atoms with Crippen molar-refractivity contribution in [3.05, 3.63) is 83.9 Å². The summed E-state index contributed by atoms with van der Waals surface area (Å²) in [5, 5.41) is 14.4. The zero-order chi connectivity index (χ0) is 20.9.